The second kappa shape index (κ2) is 6.94. The number of nitrogens with one attached hydrogen (secondary N) is 2. The lowest BCUT2D eigenvalue weighted by atomic mass is 9.98. The Morgan fingerprint density at radius 1 is 1.07 bits per heavy atom. The molecule has 3 aromatic heterocycles. The molecule has 0 saturated heterocycles. The first kappa shape index (κ1) is 17.9. The summed E-state index contributed by atoms with van der Waals surface area (Å²) in [5, 5.41) is 9.74. The molecule has 142 valence electrons. The highest BCUT2D eigenvalue weighted by molar-refractivity contribution is 5.95. The molecule has 0 radical (unpaired) electrons. The van der Waals surface area contributed by atoms with Crippen LogP contribution in [0.1, 0.15) is 5.56 Å². The van der Waals surface area contributed by atoms with Gasteiger partial charge in [0.25, 0.3) is 11.1 Å². The van der Waals surface area contributed by atoms with Gasteiger partial charge in [-0.2, -0.15) is 5.26 Å². The number of rotatable bonds is 3. The molecule has 4 rings (SSSR count). The average Bonchev–Trinajstić information content (AvgIpc) is 2.73. The maximum atomic E-state index is 13.2. The SMILES string of the molecule is COc1ccc(-c2c(C#N)c(=O)n(-c3ccccn3)c3[nH]c(=O)[nH]c(=O)c23)cc1. The smallest absolute Gasteiger partial charge is 0.327 e. The van der Waals surface area contributed by atoms with Crippen molar-refractivity contribution in [1.29, 1.82) is 5.26 Å². The number of methoxy groups -OCH3 is 1. The van der Waals surface area contributed by atoms with Gasteiger partial charge >= 0.3 is 5.69 Å². The molecular weight excluding hydrogens is 374 g/mol. The van der Waals surface area contributed by atoms with Gasteiger partial charge < -0.3 is 4.74 Å². The van der Waals surface area contributed by atoms with E-state index in [0.717, 1.165) is 4.57 Å². The van der Waals surface area contributed by atoms with E-state index in [4.69, 9.17) is 4.74 Å². The number of fused-ring (bicyclic) bond motifs is 1. The van der Waals surface area contributed by atoms with Crippen LogP contribution in [0.3, 0.4) is 0 Å². The van der Waals surface area contributed by atoms with E-state index in [1.54, 1.807) is 36.4 Å². The zero-order chi connectivity index (χ0) is 20.5. The van der Waals surface area contributed by atoms with Gasteiger partial charge in [-0.1, -0.05) is 18.2 Å². The lowest BCUT2D eigenvalue weighted by molar-refractivity contribution is 0.415. The van der Waals surface area contributed by atoms with Crippen LogP contribution in [0, 0.1) is 11.3 Å². The van der Waals surface area contributed by atoms with Gasteiger partial charge in [0.15, 0.2) is 0 Å². The van der Waals surface area contributed by atoms with Gasteiger partial charge in [-0.15, -0.1) is 0 Å². The number of aromatic amines is 2. The molecule has 4 aromatic rings. The van der Waals surface area contributed by atoms with E-state index in [1.807, 2.05) is 6.07 Å². The number of nitriles is 1. The number of nitrogens with zero attached hydrogens (tertiary/aromatic N) is 3. The summed E-state index contributed by atoms with van der Waals surface area (Å²) in [4.78, 5) is 46.7. The van der Waals surface area contributed by atoms with E-state index < -0.39 is 16.8 Å². The Morgan fingerprint density at radius 3 is 2.45 bits per heavy atom. The molecule has 0 bridgehead atoms. The summed E-state index contributed by atoms with van der Waals surface area (Å²) in [6, 6.07) is 13.3. The molecule has 9 heteroatoms. The topological polar surface area (TPSA) is 134 Å². The van der Waals surface area contributed by atoms with E-state index in [0.29, 0.717) is 11.3 Å². The zero-order valence-electron chi connectivity index (χ0n) is 15.1. The number of aromatic nitrogens is 4. The van der Waals surface area contributed by atoms with Crippen LogP contribution in [0.15, 0.2) is 63.0 Å². The van der Waals surface area contributed by atoms with Gasteiger partial charge in [0.1, 0.15) is 28.8 Å². The minimum absolute atomic E-state index is 0.00318. The highest BCUT2D eigenvalue weighted by atomic mass is 16.5. The largest absolute Gasteiger partial charge is 0.497 e. The average molecular weight is 387 g/mol. The van der Waals surface area contributed by atoms with Crippen LogP contribution >= 0.6 is 0 Å². The van der Waals surface area contributed by atoms with E-state index in [2.05, 4.69) is 15.0 Å². The Kier molecular flexibility index (Phi) is 4.29. The molecule has 3 heterocycles. The molecule has 0 unspecified atom stereocenters. The summed E-state index contributed by atoms with van der Waals surface area (Å²) in [6.07, 6.45) is 1.46. The third kappa shape index (κ3) is 2.89. The second-order valence-electron chi connectivity index (χ2n) is 6.05. The lowest BCUT2D eigenvalue weighted by Crippen LogP contribution is -2.31. The molecule has 0 spiro atoms. The van der Waals surface area contributed by atoms with Crippen molar-refractivity contribution < 1.29 is 4.74 Å². The highest BCUT2D eigenvalue weighted by Crippen LogP contribution is 2.29. The number of hydrogen-bond acceptors (Lipinski definition) is 6. The zero-order valence-corrected chi connectivity index (χ0v) is 15.1. The Morgan fingerprint density at radius 2 is 1.83 bits per heavy atom. The maximum absolute atomic E-state index is 13.2. The summed E-state index contributed by atoms with van der Waals surface area (Å²) in [5.41, 5.74) is -1.92. The van der Waals surface area contributed by atoms with Crippen LogP contribution in [0.4, 0.5) is 0 Å². The Bertz CT molecular complexity index is 1440. The summed E-state index contributed by atoms with van der Waals surface area (Å²) < 4.78 is 6.19. The quantitative estimate of drug-likeness (QED) is 0.544. The molecule has 0 saturated carbocycles. The second-order valence-corrected chi connectivity index (χ2v) is 6.05. The van der Waals surface area contributed by atoms with Gasteiger partial charge in [-0.25, -0.2) is 14.3 Å². The van der Waals surface area contributed by atoms with Crippen LogP contribution in [0.2, 0.25) is 0 Å². The number of H-pyrrole nitrogens is 2. The van der Waals surface area contributed by atoms with Crippen LogP contribution in [-0.4, -0.2) is 26.6 Å². The fraction of sp³-hybridized carbons (Fsp3) is 0.0500. The monoisotopic (exact) mass is 387 g/mol. The summed E-state index contributed by atoms with van der Waals surface area (Å²) >= 11 is 0. The molecule has 0 atom stereocenters. The maximum Gasteiger partial charge on any atom is 0.327 e. The van der Waals surface area contributed by atoms with Crippen LogP contribution in [0.5, 0.6) is 5.75 Å². The fourth-order valence-corrected chi connectivity index (χ4v) is 3.17. The first-order chi connectivity index (χ1) is 14.0. The van der Waals surface area contributed by atoms with Gasteiger partial charge in [-0.05, 0) is 29.8 Å². The van der Waals surface area contributed by atoms with E-state index in [9.17, 15) is 19.6 Å². The summed E-state index contributed by atoms with van der Waals surface area (Å²) in [6.45, 7) is 0. The normalized spacial score (nSPS) is 10.6. The number of hydrogen-bond donors (Lipinski definition) is 2. The van der Waals surface area contributed by atoms with Gasteiger partial charge in [0.05, 0.1) is 12.5 Å². The molecule has 9 nitrogen and oxygen atoms in total. The van der Waals surface area contributed by atoms with Crippen molar-refractivity contribution in [2.45, 2.75) is 0 Å². The van der Waals surface area contributed by atoms with Crippen molar-refractivity contribution in [1.82, 2.24) is 19.5 Å². The van der Waals surface area contributed by atoms with E-state index >= 15 is 0 Å². The van der Waals surface area contributed by atoms with E-state index in [-0.39, 0.29) is 28.0 Å². The van der Waals surface area contributed by atoms with E-state index in [1.165, 1.54) is 19.4 Å². The standard InChI is InChI=1S/C20H13N5O4/c1-29-12-7-5-11(6-8-12)15-13(10-21)19(27)25(14-4-2-3-9-22-14)17-16(15)18(26)24-20(28)23-17/h2-9H,1H3,(H2,23,24,26,28). The van der Waals surface area contributed by atoms with Crippen LogP contribution in [0.25, 0.3) is 28.0 Å². The Labute approximate surface area is 162 Å². The molecule has 0 fully saturated rings. The van der Waals surface area contributed by atoms with Crippen molar-refractivity contribution in [2.75, 3.05) is 7.11 Å². The first-order valence-electron chi connectivity index (χ1n) is 8.46. The van der Waals surface area contributed by atoms with Gasteiger partial charge in [-0.3, -0.25) is 19.6 Å². The van der Waals surface area contributed by atoms with Gasteiger partial charge in [0.2, 0.25) is 0 Å². The number of pyridine rings is 2. The molecule has 0 aliphatic carbocycles. The third-order valence-electron chi connectivity index (χ3n) is 4.43. The highest BCUT2D eigenvalue weighted by Gasteiger charge is 2.22. The van der Waals surface area contributed by atoms with Crippen molar-refractivity contribution in [3.05, 3.63) is 85.4 Å². The van der Waals surface area contributed by atoms with Crippen LogP contribution in [-0.2, 0) is 0 Å². The number of ether oxygens (including phenoxy) is 1. The van der Waals surface area contributed by atoms with Crippen LogP contribution < -0.4 is 21.5 Å². The Hall–Kier alpha value is -4.45. The number of benzene rings is 1. The van der Waals surface area contributed by atoms with Crippen molar-refractivity contribution in [3.8, 4) is 28.8 Å². The minimum Gasteiger partial charge on any atom is -0.497 e. The molecular formula is C20H13N5O4. The predicted molar refractivity (Wildman–Crippen MR) is 105 cm³/mol. The van der Waals surface area contributed by atoms with Crippen molar-refractivity contribution in [2.24, 2.45) is 0 Å². The summed E-state index contributed by atoms with van der Waals surface area (Å²) in [5.74, 6) is 0.738. The predicted octanol–water partition coefficient (Wildman–Crippen LogP) is 1.31. The molecule has 1 aromatic carbocycles. The molecule has 29 heavy (non-hydrogen) atoms. The molecule has 0 aliphatic heterocycles. The molecule has 0 amide bonds. The first-order valence-corrected chi connectivity index (χ1v) is 8.46. The molecule has 0 aliphatic rings. The molecule has 2 N–H and O–H groups in total. The fourth-order valence-electron chi connectivity index (χ4n) is 3.17. The van der Waals surface area contributed by atoms with Gasteiger partial charge in [0, 0.05) is 11.8 Å². The van der Waals surface area contributed by atoms with Crippen molar-refractivity contribution in [3.63, 3.8) is 0 Å². The lowest BCUT2D eigenvalue weighted by Gasteiger charge is -2.14. The minimum atomic E-state index is -0.781. The summed E-state index contributed by atoms with van der Waals surface area (Å²) in [7, 11) is 1.51. The third-order valence-corrected chi connectivity index (χ3v) is 4.43. The van der Waals surface area contributed by atoms with Crippen molar-refractivity contribution >= 4 is 11.0 Å². The Balaban J connectivity index is 2.24.